The molecule has 0 amide bonds. The van der Waals surface area contributed by atoms with Gasteiger partial charge in [-0.3, -0.25) is 9.20 Å². The topological polar surface area (TPSA) is 43.6 Å². The van der Waals surface area contributed by atoms with E-state index in [4.69, 9.17) is 4.74 Å². The van der Waals surface area contributed by atoms with Crippen LogP contribution in [-0.2, 0) is 5.75 Å². The van der Waals surface area contributed by atoms with Gasteiger partial charge in [0.15, 0.2) is 4.96 Å². The predicted octanol–water partition coefficient (Wildman–Crippen LogP) is 3.69. The smallest absolute Gasteiger partial charge is 0.258 e. The molecule has 1 aromatic carbocycles. The van der Waals surface area contributed by atoms with E-state index in [0.717, 1.165) is 33.6 Å². The fourth-order valence-electron chi connectivity index (χ4n) is 2.28. The van der Waals surface area contributed by atoms with Gasteiger partial charge in [0.25, 0.3) is 5.56 Å². The van der Waals surface area contributed by atoms with Crippen LogP contribution in [0.2, 0.25) is 0 Å². The third-order valence-corrected chi connectivity index (χ3v) is 5.26. The number of hydrogen-bond acceptors (Lipinski definition) is 5. The van der Waals surface area contributed by atoms with Crippen molar-refractivity contribution in [3.8, 4) is 5.75 Å². The van der Waals surface area contributed by atoms with Gasteiger partial charge in [0.2, 0.25) is 0 Å². The van der Waals surface area contributed by atoms with E-state index in [0.29, 0.717) is 6.61 Å². The van der Waals surface area contributed by atoms with Crippen LogP contribution in [-0.4, -0.2) is 21.7 Å². The molecule has 0 atom stereocenters. The molecule has 23 heavy (non-hydrogen) atoms. The van der Waals surface area contributed by atoms with Crippen LogP contribution in [0, 0.1) is 13.8 Å². The highest BCUT2D eigenvalue weighted by Crippen LogP contribution is 2.16. The van der Waals surface area contributed by atoms with Gasteiger partial charge in [-0.25, -0.2) is 4.98 Å². The van der Waals surface area contributed by atoms with Crippen LogP contribution >= 0.6 is 23.1 Å². The first-order valence-electron chi connectivity index (χ1n) is 7.37. The molecule has 3 rings (SSSR count). The first kappa shape index (κ1) is 16.1. The summed E-state index contributed by atoms with van der Waals surface area (Å²) in [6.45, 7) is 4.62. The van der Waals surface area contributed by atoms with Crippen LogP contribution in [0.5, 0.6) is 5.75 Å². The average molecular weight is 346 g/mol. The lowest BCUT2D eigenvalue weighted by atomic mass is 10.2. The Balaban J connectivity index is 1.52. The normalized spacial score (nSPS) is 11.0. The molecule has 3 aromatic rings. The monoisotopic (exact) mass is 346 g/mol. The van der Waals surface area contributed by atoms with Gasteiger partial charge >= 0.3 is 0 Å². The summed E-state index contributed by atoms with van der Waals surface area (Å²) in [6.07, 6.45) is 0. The molecule has 0 radical (unpaired) electrons. The number of benzene rings is 1. The maximum atomic E-state index is 12.1. The highest BCUT2D eigenvalue weighted by Gasteiger charge is 2.06. The first-order chi connectivity index (χ1) is 11.1. The first-order valence-corrected chi connectivity index (χ1v) is 9.41. The molecule has 2 aromatic heterocycles. The lowest BCUT2D eigenvalue weighted by molar-refractivity contribution is 0.343. The van der Waals surface area contributed by atoms with Gasteiger partial charge in [0, 0.05) is 28.6 Å². The number of thioether (sulfide) groups is 1. The molecule has 0 bridgehead atoms. The minimum atomic E-state index is 0.000334. The van der Waals surface area contributed by atoms with Gasteiger partial charge < -0.3 is 4.74 Å². The van der Waals surface area contributed by atoms with Crippen molar-refractivity contribution in [3.63, 3.8) is 0 Å². The maximum Gasteiger partial charge on any atom is 0.258 e. The van der Waals surface area contributed by atoms with E-state index in [1.54, 1.807) is 22.2 Å². The van der Waals surface area contributed by atoms with Crippen molar-refractivity contribution >= 4 is 28.1 Å². The van der Waals surface area contributed by atoms with E-state index in [-0.39, 0.29) is 5.56 Å². The van der Waals surface area contributed by atoms with E-state index in [1.165, 1.54) is 16.9 Å². The standard InChI is InChI=1S/C17H18N2O2S2/c1-12-4-3-5-15(8-12)21-6-7-22-11-14-9-16(20)19-13(2)10-23-17(19)18-14/h3-5,8-10H,6-7,11H2,1-2H3. The molecule has 0 fully saturated rings. The second-order valence-electron chi connectivity index (χ2n) is 5.30. The number of ether oxygens (including phenoxy) is 1. The molecule has 0 aliphatic rings. The van der Waals surface area contributed by atoms with Crippen molar-refractivity contribution in [2.24, 2.45) is 0 Å². The minimum Gasteiger partial charge on any atom is -0.493 e. The van der Waals surface area contributed by atoms with Gasteiger partial charge in [0.1, 0.15) is 5.75 Å². The second-order valence-corrected chi connectivity index (χ2v) is 7.24. The summed E-state index contributed by atoms with van der Waals surface area (Å²) in [5.41, 5.74) is 2.96. The molecule has 0 saturated heterocycles. The number of hydrogen-bond donors (Lipinski definition) is 0. The van der Waals surface area contributed by atoms with E-state index < -0.39 is 0 Å². The van der Waals surface area contributed by atoms with Crippen molar-refractivity contribution in [2.45, 2.75) is 19.6 Å². The zero-order valence-corrected chi connectivity index (χ0v) is 14.7. The maximum absolute atomic E-state index is 12.1. The molecule has 6 heteroatoms. The lowest BCUT2D eigenvalue weighted by Crippen LogP contribution is -2.14. The Bertz CT molecular complexity index is 870. The fourth-order valence-corrected chi connectivity index (χ4v) is 3.87. The Morgan fingerprint density at radius 1 is 1.30 bits per heavy atom. The fraction of sp³-hybridized carbons (Fsp3) is 0.294. The van der Waals surface area contributed by atoms with Crippen molar-refractivity contribution in [1.82, 2.24) is 9.38 Å². The average Bonchev–Trinajstić information content (AvgIpc) is 2.89. The molecule has 120 valence electrons. The molecule has 0 saturated carbocycles. The van der Waals surface area contributed by atoms with E-state index in [2.05, 4.69) is 4.98 Å². The minimum absolute atomic E-state index is 0.000334. The summed E-state index contributed by atoms with van der Waals surface area (Å²) >= 11 is 3.23. The molecular formula is C17H18N2O2S2. The zero-order chi connectivity index (χ0) is 16.2. The molecule has 0 unspecified atom stereocenters. The Morgan fingerprint density at radius 2 is 2.17 bits per heavy atom. The number of fused-ring (bicyclic) bond motifs is 1. The molecule has 0 N–H and O–H groups in total. The Hall–Kier alpha value is -1.79. The van der Waals surface area contributed by atoms with Crippen LogP contribution < -0.4 is 10.3 Å². The second kappa shape index (κ2) is 7.19. The Morgan fingerprint density at radius 3 is 3.00 bits per heavy atom. The quantitative estimate of drug-likeness (QED) is 0.639. The summed E-state index contributed by atoms with van der Waals surface area (Å²) in [4.78, 5) is 17.4. The van der Waals surface area contributed by atoms with Gasteiger partial charge in [-0.05, 0) is 31.5 Å². The Labute approximate surface area is 143 Å². The number of aryl methyl sites for hydroxylation is 2. The van der Waals surface area contributed by atoms with Crippen LogP contribution in [0.15, 0.2) is 40.5 Å². The summed E-state index contributed by atoms with van der Waals surface area (Å²) < 4.78 is 7.37. The number of nitrogens with zero attached hydrogens (tertiary/aromatic N) is 2. The summed E-state index contributed by atoms with van der Waals surface area (Å²) in [5.74, 6) is 2.48. The van der Waals surface area contributed by atoms with Crippen molar-refractivity contribution in [2.75, 3.05) is 12.4 Å². The number of rotatable bonds is 6. The molecule has 0 aliphatic carbocycles. The highest BCUT2D eigenvalue weighted by atomic mass is 32.2. The van der Waals surface area contributed by atoms with Crippen molar-refractivity contribution in [3.05, 3.63) is 63.0 Å². The number of thiazole rings is 1. The van der Waals surface area contributed by atoms with E-state index in [9.17, 15) is 4.79 Å². The van der Waals surface area contributed by atoms with Crippen LogP contribution in [0.25, 0.3) is 4.96 Å². The third kappa shape index (κ3) is 3.95. The van der Waals surface area contributed by atoms with Crippen LogP contribution in [0.4, 0.5) is 0 Å². The molecular weight excluding hydrogens is 328 g/mol. The molecule has 2 heterocycles. The third-order valence-electron chi connectivity index (χ3n) is 3.36. The summed E-state index contributed by atoms with van der Waals surface area (Å²) in [5, 5.41) is 1.95. The van der Waals surface area contributed by atoms with Gasteiger partial charge in [-0.2, -0.15) is 11.8 Å². The lowest BCUT2D eigenvalue weighted by Gasteiger charge is -2.06. The summed E-state index contributed by atoms with van der Waals surface area (Å²) in [7, 11) is 0. The van der Waals surface area contributed by atoms with Crippen LogP contribution in [0.1, 0.15) is 17.0 Å². The highest BCUT2D eigenvalue weighted by molar-refractivity contribution is 7.98. The van der Waals surface area contributed by atoms with Gasteiger partial charge in [-0.15, -0.1) is 11.3 Å². The predicted molar refractivity (Wildman–Crippen MR) is 96.9 cm³/mol. The SMILES string of the molecule is Cc1cccc(OCCSCc2cc(=O)n3c(C)csc3n2)c1. The van der Waals surface area contributed by atoms with Crippen molar-refractivity contribution in [1.29, 1.82) is 0 Å². The zero-order valence-electron chi connectivity index (χ0n) is 13.1. The van der Waals surface area contributed by atoms with Crippen LogP contribution in [0.3, 0.4) is 0 Å². The molecule has 4 nitrogen and oxygen atoms in total. The van der Waals surface area contributed by atoms with Crippen molar-refractivity contribution < 1.29 is 4.74 Å². The molecule has 0 spiro atoms. The molecule has 0 aliphatic heterocycles. The Kier molecular flexibility index (Phi) is 5.03. The number of aromatic nitrogens is 2. The van der Waals surface area contributed by atoms with E-state index in [1.807, 2.05) is 43.5 Å². The van der Waals surface area contributed by atoms with Gasteiger partial charge in [0.05, 0.1) is 12.3 Å². The van der Waals surface area contributed by atoms with Gasteiger partial charge in [-0.1, -0.05) is 12.1 Å². The largest absolute Gasteiger partial charge is 0.493 e. The van der Waals surface area contributed by atoms with E-state index >= 15 is 0 Å². The summed E-state index contributed by atoms with van der Waals surface area (Å²) in [6, 6.07) is 9.66.